The number of fused-ring (bicyclic) bond motifs is 2. The number of hydrogen-bond donors (Lipinski definition) is 2. The molecule has 0 bridgehead atoms. The normalized spacial score (nSPS) is 16.9. The third-order valence-electron chi connectivity index (χ3n) is 5.28. The van der Waals surface area contributed by atoms with E-state index in [1.807, 2.05) is 4.90 Å². The molecule has 1 aromatic heterocycles. The highest BCUT2D eigenvalue weighted by molar-refractivity contribution is 5.99. The van der Waals surface area contributed by atoms with Gasteiger partial charge in [0.1, 0.15) is 16.8 Å². The van der Waals surface area contributed by atoms with E-state index in [0.29, 0.717) is 30.0 Å². The molecule has 7 nitrogen and oxygen atoms in total. The molecule has 150 valence electrons. The fourth-order valence-corrected chi connectivity index (χ4v) is 3.99. The standard InChI is InChI=1S/C20H16FN3O4.ClH/c21-13-7-11-16-19(17(13)23-6-5-10(22)8-23)28-15-4-2-1-3-14(15)24(16)9-12(18(11)25)20(26)27;/h1-4,7,9-10H,5-6,8,22H2,(H,26,27);1H. The van der Waals surface area contributed by atoms with Crippen molar-refractivity contribution in [3.8, 4) is 17.2 Å². The molecule has 3 N–H and O–H groups in total. The number of hydrogen-bond acceptors (Lipinski definition) is 5. The van der Waals surface area contributed by atoms with Crippen LogP contribution in [0.25, 0.3) is 16.6 Å². The second-order valence-corrected chi connectivity index (χ2v) is 7.04. The van der Waals surface area contributed by atoms with Gasteiger partial charge >= 0.3 is 5.97 Å². The molecule has 29 heavy (non-hydrogen) atoms. The number of aromatic carboxylic acids is 1. The van der Waals surface area contributed by atoms with Gasteiger partial charge in [-0.05, 0) is 24.6 Å². The number of carboxylic acids is 1. The maximum atomic E-state index is 15.1. The Morgan fingerprint density at radius 2 is 2.07 bits per heavy atom. The Morgan fingerprint density at radius 1 is 1.31 bits per heavy atom. The van der Waals surface area contributed by atoms with Crippen LogP contribution in [0.2, 0.25) is 0 Å². The number of halogens is 2. The van der Waals surface area contributed by atoms with Crippen molar-refractivity contribution < 1.29 is 19.0 Å². The van der Waals surface area contributed by atoms with Crippen molar-refractivity contribution in [1.82, 2.24) is 4.57 Å². The van der Waals surface area contributed by atoms with Gasteiger partial charge in [0.25, 0.3) is 0 Å². The summed E-state index contributed by atoms with van der Waals surface area (Å²) in [5, 5.41) is 9.41. The molecule has 2 aromatic carbocycles. The Labute approximate surface area is 170 Å². The lowest BCUT2D eigenvalue weighted by Crippen LogP contribution is -2.28. The number of benzene rings is 2. The molecule has 2 aliphatic heterocycles. The first-order valence-electron chi connectivity index (χ1n) is 8.88. The van der Waals surface area contributed by atoms with Crippen molar-refractivity contribution in [2.45, 2.75) is 12.5 Å². The van der Waals surface area contributed by atoms with Crippen LogP contribution >= 0.6 is 12.4 Å². The summed E-state index contributed by atoms with van der Waals surface area (Å²) in [5.74, 6) is -1.35. The third kappa shape index (κ3) is 2.75. The van der Waals surface area contributed by atoms with Crippen LogP contribution in [0.15, 0.2) is 41.3 Å². The SMILES string of the molecule is Cl.NC1CCN(c2c(F)cc3c(=O)c(C(=O)O)cn4c3c2Oc2ccccc2-4)C1. The van der Waals surface area contributed by atoms with Gasteiger partial charge in [-0.2, -0.15) is 0 Å². The maximum Gasteiger partial charge on any atom is 0.341 e. The van der Waals surface area contributed by atoms with E-state index in [2.05, 4.69) is 0 Å². The van der Waals surface area contributed by atoms with Crippen molar-refractivity contribution in [2.24, 2.45) is 5.73 Å². The lowest BCUT2D eigenvalue weighted by molar-refractivity contribution is 0.0695. The molecular formula is C20H17ClFN3O4. The van der Waals surface area contributed by atoms with Crippen LogP contribution < -0.4 is 20.8 Å². The number of aromatic nitrogens is 1. The highest BCUT2D eigenvalue weighted by atomic mass is 35.5. The van der Waals surface area contributed by atoms with Crippen LogP contribution in [0, 0.1) is 5.82 Å². The first kappa shape index (κ1) is 19.2. The zero-order chi connectivity index (χ0) is 19.6. The second kappa shape index (κ2) is 6.75. The molecule has 2 aliphatic rings. The van der Waals surface area contributed by atoms with E-state index >= 15 is 4.39 Å². The minimum atomic E-state index is -1.36. The van der Waals surface area contributed by atoms with Crippen molar-refractivity contribution in [2.75, 3.05) is 18.0 Å². The largest absolute Gasteiger partial charge is 0.477 e. The molecule has 5 rings (SSSR count). The number of para-hydroxylation sites is 2. The fraction of sp³-hybridized carbons (Fsp3) is 0.200. The summed E-state index contributed by atoms with van der Waals surface area (Å²) >= 11 is 0. The lowest BCUT2D eigenvalue weighted by atomic mass is 10.1. The average molecular weight is 418 g/mol. The van der Waals surface area contributed by atoms with E-state index in [1.54, 1.807) is 28.8 Å². The van der Waals surface area contributed by atoms with Crippen LogP contribution in [-0.2, 0) is 0 Å². The topological polar surface area (TPSA) is 97.8 Å². The van der Waals surface area contributed by atoms with Crippen LogP contribution in [0.4, 0.5) is 10.1 Å². The number of rotatable bonds is 2. The molecule has 0 amide bonds. The van der Waals surface area contributed by atoms with E-state index < -0.39 is 22.8 Å². The molecule has 0 saturated carbocycles. The molecule has 9 heteroatoms. The molecule has 3 heterocycles. The van der Waals surface area contributed by atoms with Gasteiger partial charge in [-0.1, -0.05) is 12.1 Å². The number of anilines is 1. The third-order valence-corrected chi connectivity index (χ3v) is 5.28. The first-order chi connectivity index (χ1) is 13.5. The minimum absolute atomic E-state index is 0. The number of ether oxygens (including phenoxy) is 1. The Morgan fingerprint density at radius 3 is 2.76 bits per heavy atom. The molecule has 0 aliphatic carbocycles. The second-order valence-electron chi connectivity index (χ2n) is 7.04. The summed E-state index contributed by atoms with van der Waals surface area (Å²) in [4.78, 5) is 26.1. The van der Waals surface area contributed by atoms with E-state index in [-0.39, 0.29) is 35.3 Å². The van der Waals surface area contributed by atoms with Gasteiger partial charge in [0, 0.05) is 25.3 Å². The molecule has 0 radical (unpaired) electrons. The average Bonchev–Trinajstić information content (AvgIpc) is 3.09. The van der Waals surface area contributed by atoms with E-state index in [4.69, 9.17) is 10.5 Å². The molecule has 0 spiro atoms. The Hall–Kier alpha value is -3.10. The maximum absolute atomic E-state index is 15.1. The zero-order valence-electron chi connectivity index (χ0n) is 15.1. The summed E-state index contributed by atoms with van der Waals surface area (Å²) < 4.78 is 22.8. The minimum Gasteiger partial charge on any atom is -0.477 e. The lowest BCUT2D eigenvalue weighted by Gasteiger charge is -2.29. The quantitative estimate of drug-likeness (QED) is 0.520. The van der Waals surface area contributed by atoms with Crippen molar-refractivity contribution in [3.63, 3.8) is 0 Å². The Bertz CT molecular complexity index is 1230. The molecule has 1 saturated heterocycles. The van der Waals surface area contributed by atoms with Gasteiger partial charge in [0.2, 0.25) is 5.43 Å². The number of carbonyl (C=O) groups is 1. The van der Waals surface area contributed by atoms with Gasteiger partial charge in [-0.15, -0.1) is 12.4 Å². The molecule has 1 atom stereocenters. The number of pyridine rings is 1. The molecule has 1 fully saturated rings. The highest BCUT2D eigenvalue weighted by Gasteiger charge is 2.32. The van der Waals surface area contributed by atoms with Crippen LogP contribution in [0.5, 0.6) is 11.5 Å². The van der Waals surface area contributed by atoms with Crippen molar-refractivity contribution in [1.29, 1.82) is 0 Å². The molecule has 1 unspecified atom stereocenters. The number of nitrogens with zero attached hydrogens (tertiary/aromatic N) is 2. The van der Waals surface area contributed by atoms with E-state index in [9.17, 15) is 14.7 Å². The van der Waals surface area contributed by atoms with Gasteiger partial charge in [-0.25, -0.2) is 9.18 Å². The summed E-state index contributed by atoms with van der Waals surface area (Å²) in [6.07, 6.45) is 1.99. The van der Waals surface area contributed by atoms with E-state index in [0.717, 1.165) is 12.5 Å². The monoisotopic (exact) mass is 417 g/mol. The molecule has 3 aromatic rings. The summed E-state index contributed by atoms with van der Waals surface area (Å²) in [5.41, 5.74) is 6.00. The van der Waals surface area contributed by atoms with Crippen LogP contribution in [0.3, 0.4) is 0 Å². The Kier molecular flexibility index (Phi) is 4.48. The zero-order valence-corrected chi connectivity index (χ0v) is 15.9. The van der Waals surface area contributed by atoms with E-state index in [1.165, 1.54) is 6.20 Å². The van der Waals surface area contributed by atoms with Gasteiger partial charge < -0.3 is 25.0 Å². The summed E-state index contributed by atoms with van der Waals surface area (Å²) in [6, 6.07) is 8.04. The summed E-state index contributed by atoms with van der Waals surface area (Å²) in [6.45, 7) is 1.04. The summed E-state index contributed by atoms with van der Waals surface area (Å²) in [7, 11) is 0. The van der Waals surface area contributed by atoms with Crippen molar-refractivity contribution >= 4 is 35.0 Å². The van der Waals surface area contributed by atoms with Gasteiger partial charge in [0.15, 0.2) is 17.3 Å². The fourth-order valence-electron chi connectivity index (χ4n) is 3.99. The molecular weight excluding hydrogens is 401 g/mol. The number of nitrogens with two attached hydrogens (primary N) is 1. The number of carboxylic acid groups (broad SMARTS) is 1. The first-order valence-corrected chi connectivity index (χ1v) is 8.88. The van der Waals surface area contributed by atoms with Gasteiger partial charge in [0.05, 0.1) is 11.1 Å². The van der Waals surface area contributed by atoms with Gasteiger partial charge in [-0.3, -0.25) is 4.79 Å². The predicted octanol–water partition coefficient (Wildman–Crippen LogP) is 2.89. The van der Waals surface area contributed by atoms with Crippen LogP contribution in [0.1, 0.15) is 16.8 Å². The Balaban J connectivity index is 0.00000205. The predicted molar refractivity (Wildman–Crippen MR) is 109 cm³/mol. The highest BCUT2D eigenvalue weighted by Crippen LogP contribution is 2.46. The van der Waals surface area contributed by atoms with Crippen molar-refractivity contribution in [3.05, 3.63) is 58.1 Å². The van der Waals surface area contributed by atoms with Crippen LogP contribution in [-0.4, -0.2) is 34.8 Å². The smallest absolute Gasteiger partial charge is 0.341 e.